The molecule has 0 aromatic heterocycles. The van der Waals surface area contributed by atoms with E-state index in [0.29, 0.717) is 17.9 Å². The number of carbonyl (C=O) groups is 1. The number of esters is 1. The van der Waals surface area contributed by atoms with Gasteiger partial charge < -0.3 is 15.2 Å². The van der Waals surface area contributed by atoms with Crippen molar-refractivity contribution >= 4 is 16.7 Å². The van der Waals surface area contributed by atoms with Crippen LogP contribution in [0.2, 0.25) is 0 Å². The predicted octanol–water partition coefficient (Wildman–Crippen LogP) is 2.41. The third-order valence-electron chi connectivity index (χ3n) is 3.00. The Bertz CT molecular complexity index is 595. The topological polar surface area (TPSA) is 61.5 Å². The molecule has 2 N–H and O–H groups in total. The molecular weight excluding hydrogens is 242 g/mol. The van der Waals surface area contributed by atoms with Gasteiger partial charge in [-0.15, -0.1) is 0 Å². The zero-order chi connectivity index (χ0) is 13.8. The van der Waals surface area contributed by atoms with Crippen molar-refractivity contribution in [3.05, 3.63) is 42.0 Å². The van der Waals surface area contributed by atoms with Crippen molar-refractivity contribution in [3.63, 3.8) is 0 Å². The maximum absolute atomic E-state index is 11.9. The molecule has 19 heavy (non-hydrogen) atoms. The third-order valence-corrected chi connectivity index (χ3v) is 3.00. The van der Waals surface area contributed by atoms with E-state index in [1.54, 1.807) is 14.0 Å². The Hall–Kier alpha value is -2.07. The Kier molecular flexibility index (Phi) is 4.02. The molecule has 0 bridgehead atoms. The second-order valence-corrected chi connectivity index (χ2v) is 4.13. The van der Waals surface area contributed by atoms with E-state index in [1.807, 2.05) is 36.4 Å². The lowest BCUT2D eigenvalue weighted by molar-refractivity contribution is -0.144. The van der Waals surface area contributed by atoms with Crippen molar-refractivity contribution in [1.82, 2.24) is 0 Å². The van der Waals surface area contributed by atoms with E-state index < -0.39 is 12.0 Å². The first-order valence-corrected chi connectivity index (χ1v) is 6.17. The summed E-state index contributed by atoms with van der Waals surface area (Å²) in [6.07, 6.45) is 0. The van der Waals surface area contributed by atoms with E-state index in [4.69, 9.17) is 15.2 Å². The molecule has 1 atom stereocenters. The minimum absolute atomic E-state index is 0.305. The smallest absolute Gasteiger partial charge is 0.327 e. The van der Waals surface area contributed by atoms with Crippen LogP contribution in [0.1, 0.15) is 18.5 Å². The van der Waals surface area contributed by atoms with Crippen molar-refractivity contribution in [2.24, 2.45) is 5.73 Å². The van der Waals surface area contributed by atoms with Gasteiger partial charge in [-0.25, -0.2) is 4.79 Å². The van der Waals surface area contributed by atoms with Gasteiger partial charge in [0.2, 0.25) is 0 Å². The number of fused-ring (bicyclic) bond motifs is 1. The van der Waals surface area contributed by atoms with E-state index in [9.17, 15) is 4.79 Å². The largest absolute Gasteiger partial charge is 0.496 e. The fourth-order valence-electron chi connectivity index (χ4n) is 2.12. The number of hydrogen-bond donors (Lipinski definition) is 1. The summed E-state index contributed by atoms with van der Waals surface area (Å²) in [5.41, 5.74) is 6.68. The van der Waals surface area contributed by atoms with Crippen molar-refractivity contribution < 1.29 is 14.3 Å². The first kappa shape index (κ1) is 13.4. The van der Waals surface area contributed by atoms with Gasteiger partial charge in [0.05, 0.1) is 13.7 Å². The van der Waals surface area contributed by atoms with Crippen LogP contribution in [0.15, 0.2) is 36.4 Å². The van der Waals surface area contributed by atoms with Gasteiger partial charge in [0, 0.05) is 5.56 Å². The lowest BCUT2D eigenvalue weighted by Crippen LogP contribution is -2.24. The second-order valence-electron chi connectivity index (χ2n) is 4.13. The summed E-state index contributed by atoms with van der Waals surface area (Å²) in [6.45, 7) is 2.06. The number of ether oxygens (including phenoxy) is 2. The molecule has 0 aliphatic heterocycles. The molecule has 0 aliphatic rings. The number of hydrogen-bond acceptors (Lipinski definition) is 4. The zero-order valence-electron chi connectivity index (χ0n) is 11.1. The summed E-state index contributed by atoms with van der Waals surface area (Å²) < 4.78 is 10.3. The van der Waals surface area contributed by atoms with Crippen LogP contribution in [0, 0.1) is 0 Å². The van der Waals surface area contributed by atoms with E-state index >= 15 is 0 Å². The van der Waals surface area contributed by atoms with E-state index in [1.165, 1.54) is 0 Å². The molecule has 0 saturated heterocycles. The van der Waals surface area contributed by atoms with E-state index in [2.05, 4.69) is 0 Å². The number of nitrogens with two attached hydrogens (primary N) is 1. The fraction of sp³-hybridized carbons (Fsp3) is 0.267. The predicted molar refractivity (Wildman–Crippen MR) is 74.1 cm³/mol. The molecule has 0 spiro atoms. The summed E-state index contributed by atoms with van der Waals surface area (Å²) in [4.78, 5) is 11.9. The number of benzene rings is 2. The average Bonchev–Trinajstić information content (AvgIpc) is 2.45. The molecule has 2 aromatic rings. The Morgan fingerprint density at radius 2 is 2.00 bits per heavy atom. The van der Waals surface area contributed by atoms with Crippen LogP contribution in [-0.4, -0.2) is 19.7 Å². The lowest BCUT2D eigenvalue weighted by Gasteiger charge is -2.17. The number of carbonyl (C=O) groups excluding carboxylic acids is 1. The van der Waals surface area contributed by atoms with Crippen LogP contribution in [0.5, 0.6) is 5.75 Å². The van der Waals surface area contributed by atoms with Gasteiger partial charge in [0.25, 0.3) is 0 Å². The number of methoxy groups -OCH3 is 1. The highest BCUT2D eigenvalue weighted by Crippen LogP contribution is 2.32. The molecule has 1 unspecified atom stereocenters. The molecule has 2 aromatic carbocycles. The monoisotopic (exact) mass is 259 g/mol. The first-order valence-electron chi connectivity index (χ1n) is 6.17. The molecular formula is C15H17NO3. The quantitative estimate of drug-likeness (QED) is 0.856. The Morgan fingerprint density at radius 1 is 1.26 bits per heavy atom. The van der Waals surface area contributed by atoms with Crippen LogP contribution in [0.4, 0.5) is 0 Å². The molecule has 0 saturated carbocycles. The Labute approximate surface area is 112 Å². The molecule has 0 fully saturated rings. The molecule has 100 valence electrons. The van der Waals surface area contributed by atoms with E-state index in [0.717, 1.165) is 10.8 Å². The average molecular weight is 259 g/mol. The van der Waals surface area contributed by atoms with Crippen LogP contribution in [0.25, 0.3) is 10.8 Å². The summed E-state index contributed by atoms with van der Waals surface area (Å²) in [5.74, 6) is 0.149. The summed E-state index contributed by atoms with van der Waals surface area (Å²) in [7, 11) is 1.56. The van der Waals surface area contributed by atoms with Gasteiger partial charge >= 0.3 is 5.97 Å². The van der Waals surface area contributed by atoms with Gasteiger partial charge in [-0.1, -0.05) is 30.3 Å². The molecule has 0 radical (unpaired) electrons. The van der Waals surface area contributed by atoms with Gasteiger partial charge in [-0.05, 0) is 23.8 Å². The van der Waals surface area contributed by atoms with E-state index in [-0.39, 0.29) is 0 Å². The molecule has 2 rings (SSSR count). The molecule has 0 amide bonds. The minimum atomic E-state index is -0.846. The fourth-order valence-corrected chi connectivity index (χ4v) is 2.12. The zero-order valence-corrected chi connectivity index (χ0v) is 11.1. The van der Waals surface area contributed by atoms with Crippen molar-refractivity contribution in [2.45, 2.75) is 13.0 Å². The second kappa shape index (κ2) is 5.71. The van der Waals surface area contributed by atoms with Gasteiger partial charge in [-0.2, -0.15) is 0 Å². The highest BCUT2D eigenvalue weighted by atomic mass is 16.5. The van der Waals surface area contributed by atoms with Gasteiger partial charge in [0.15, 0.2) is 0 Å². The van der Waals surface area contributed by atoms with Gasteiger partial charge in [-0.3, -0.25) is 0 Å². The molecule has 4 nitrogen and oxygen atoms in total. The number of rotatable bonds is 4. The Morgan fingerprint density at radius 3 is 2.68 bits per heavy atom. The van der Waals surface area contributed by atoms with Crippen molar-refractivity contribution in [3.8, 4) is 5.75 Å². The third kappa shape index (κ3) is 2.53. The van der Waals surface area contributed by atoms with Crippen LogP contribution in [-0.2, 0) is 9.53 Å². The maximum atomic E-state index is 11.9. The lowest BCUT2D eigenvalue weighted by atomic mass is 9.98. The van der Waals surface area contributed by atoms with Crippen LogP contribution in [0.3, 0.4) is 0 Å². The van der Waals surface area contributed by atoms with Crippen LogP contribution < -0.4 is 10.5 Å². The van der Waals surface area contributed by atoms with Crippen LogP contribution >= 0.6 is 0 Å². The van der Waals surface area contributed by atoms with Crippen molar-refractivity contribution in [2.75, 3.05) is 13.7 Å². The summed E-state index contributed by atoms with van der Waals surface area (Å²) in [5, 5.41) is 1.92. The van der Waals surface area contributed by atoms with Crippen molar-refractivity contribution in [1.29, 1.82) is 0 Å². The Balaban J connectivity index is 2.58. The maximum Gasteiger partial charge on any atom is 0.327 e. The normalized spacial score (nSPS) is 12.2. The van der Waals surface area contributed by atoms with Gasteiger partial charge in [0.1, 0.15) is 11.8 Å². The highest BCUT2D eigenvalue weighted by Gasteiger charge is 2.23. The molecule has 0 heterocycles. The summed E-state index contributed by atoms with van der Waals surface area (Å²) in [6, 6.07) is 10.6. The highest BCUT2D eigenvalue weighted by molar-refractivity contribution is 5.93. The SMILES string of the molecule is CCOC(=O)C(N)c1c(OC)ccc2ccccc12. The first-order chi connectivity index (χ1) is 9.19. The standard InChI is InChI=1S/C15H17NO3/c1-3-19-15(17)14(16)13-11-7-5-4-6-10(11)8-9-12(13)18-2/h4-9,14H,3,16H2,1-2H3. The minimum Gasteiger partial charge on any atom is -0.496 e. The summed E-state index contributed by atoms with van der Waals surface area (Å²) >= 11 is 0. The molecule has 4 heteroatoms. The molecule has 0 aliphatic carbocycles.